The maximum absolute atomic E-state index is 9.74. The van der Waals surface area contributed by atoms with Crippen LogP contribution in [0.4, 0.5) is 0 Å². The van der Waals surface area contributed by atoms with E-state index in [0.29, 0.717) is 6.61 Å². The van der Waals surface area contributed by atoms with Crippen LogP contribution in [0.15, 0.2) is 46.6 Å². The van der Waals surface area contributed by atoms with Gasteiger partial charge in [0.25, 0.3) is 0 Å². The van der Waals surface area contributed by atoms with E-state index >= 15 is 0 Å². The predicted molar refractivity (Wildman–Crippen MR) is 138 cm³/mol. The van der Waals surface area contributed by atoms with Crippen LogP contribution in [-0.4, -0.2) is 60.6 Å². The lowest BCUT2D eigenvalue weighted by atomic mass is 10.0. The van der Waals surface area contributed by atoms with Gasteiger partial charge in [-0.05, 0) is 86.0 Å². The number of aliphatic hydroxyl groups excluding tert-OH is 3. The van der Waals surface area contributed by atoms with Crippen LogP contribution in [0, 0.1) is 0 Å². The minimum atomic E-state index is -0.901. The van der Waals surface area contributed by atoms with Gasteiger partial charge < -0.3 is 24.8 Å². The molecule has 0 spiro atoms. The Kier molecular flexibility index (Phi) is 20.5. The first-order chi connectivity index (χ1) is 15.7. The first-order valence-corrected chi connectivity index (χ1v) is 12.5. The van der Waals surface area contributed by atoms with Crippen LogP contribution in [-0.2, 0) is 9.47 Å². The van der Waals surface area contributed by atoms with Gasteiger partial charge >= 0.3 is 0 Å². The molecule has 5 nitrogen and oxygen atoms in total. The van der Waals surface area contributed by atoms with Crippen molar-refractivity contribution < 1.29 is 24.8 Å². The number of unbranched alkanes of at least 4 members (excludes halogenated alkanes) is 1. The summed E-state index contributed by atoms with van der Waals surface area (Å²) >= 11 is 0. The van der Waals surface area contributed by atoms with E-state index in [4.69, 9.17) is 19.7 Å². The fraction of sp³-hybridized carbons (Fsp3) is 0.714. The number of allylic oxidation sites excluding steroid dienone is 8. The van der Waals surface area contributed by atoms with Crippen LogP contribution in [0.3, 0.4) is 0 Å². The zero-order chi connectivity index (χ0) is 24.9. The summed E-state index contributed by atoms with van der Waals surface area (Å²) in [6.45, 7) is 11.5. The highest BCUT2D eigenvalue weighted by Gasteiger charge is 2.07. The molecule has 0 fully saturated rings. The highest BCUT2D eigenvalue weighted by molar-refractivity contribution is 5.07. The molecule has 0 bridgehead atoms. The van der Waals surface area contributed by atoms with Gasteiger partial charge in [0.1, 0.15) is 12.2 Å². The summed E-state index contributed by atoms with van der Waals surface area (Å²) in [7, 11) is 0. The quantitative estimate of drug-likeness (QED) is 0.159. The molecule has 0 aromatic rings. The smallest absolute Gasteiger partial charge is 0.101 e. The van der Waals surface area contributed by atoms with Gasteiger partial charge in [0, 0.05) is 6.61 Å². The maximum atomic E-state index is 9.74. The number of ether oxygens (including phenoxy) is 2. The molecule has 5 heteroatoms. The Morgan fingerprint density at radius 1 is 0.636 bits per heavy atom. The number of aliphatic hydroxyl groups is 3. The second-order valence-electron chi connectivity index (χ2n) is 9.29. The average molecular weight is 467 g/mol. The Hall–Kier alpha value is -1.24. The third-order valence-corrected chi connectivity index (χ3v) is 5.28. The molecule has 0 heterocycles. The van der Waals surface area contributed by atoms with Gasteiger partial charge in [-0.1, -0.05) is 46.6 Å². The van der Waals surface area contributed by atoms with Crippen molar-refractivity contribution in [1.82, 2.24) is 0 Å². The van der Waals surface area contributed by atoms with Gasteiger partial charge in [0.05, 0.1) is 26.4 Å². The number of hydrogen-bond donors (Lipinski definition) is 3. The van der Waals surface area contributed by atoms with Crippen LogP contribution in [0.5, 0.6) is 0 Å². The second-order valence-corrected chi connectivity index (χ2v) is 9.29. The van der Waals surface area contributed by atoms with Crippen molar-refractivity contribution in [2.24, 2.45) is 0 Å². The molecule has 33 heavy (non-hydrogen) atoms. The van der Waals surface area contributed by atoms with Gasteiger partial charge in [-0.2, -0.15) is 0 Å². The number of rotatable bonds is 20. The molecule has 0 radical (unpaired) electrons. The lowest BCUT2D eigenvalue weighted by Crippen LogP contribution is -2.26. The largest absolute Gasteiger partial charge is 0.394 e. The summed E-state index contributed by atoms with van der Waals surface area (Å²) in [6.07, 6.45) is 16.4. The zero-order valence-electron chi connectivity index (χ0n) is 21.8. The van der Waals surface area contributed by atoms with E-state index < -0.39 is 12.2 Å². The zero-order valence-corrected chi connectivity index (χ0v) is 21.8. The molecule has 192 valence electrons. The van der Waals surface area contributed by atoms with Gasteiger partial charge in [0.2, 0.25) is 0 Å². The minimum absolute atomic E-state index is 0.0138. The van der Waals surface area contributed by atoms with Crippen molar-refractivity contribution in [3.63, 3.8) is 0 Å². The molecular formula is C28H50O5. The maximum Gasteiger partial charge on any atom is 0.101 e. The lowest BCUT2D eigenvalue weighted by Gasteiger charge is -2.13. The Balaban J connectivity index is 3.83. The van der Waals surface area contributed by atoms with Crippen molar-refractivity contribution in [1.29, 1.82) is 0 Å². The van der Waals surface area contributed by atoms with E-state index in [-0.39, 0.29) is 26.4 Å². The monoisotopic (exact) mass is 466 g/mol. The second kappa shape index (κ2) is 21.3. The molecule has 2 atom stereocenters. The average Bonchev–Trinajstić information content (AvgIpc) is 2.75. The van der Waals surface area contributed by atoms with Crippen molar-refractivity contribution in [2.75, 3.05) is 33.0 Å². The Labute approximate surface area is 202 Å². The number of hydrogen-bond acceptors (Lipinski definition) is 5. The Bertz CT molecular complexity index is 599. The first-order valence-electron chi connectivity index (χ1n) is 12.5. The van der Waals surface area contributed by atoms with Crippen molar-refractivity contribution in [3.05, 3.63) is 46.6 Å². The van der Waals surface area contributed by atoms with E-state index in [0.717, 1.165) is 51.4 Å². The van der Waals surface area contributed by atoms with Crippen LogP contribution in [0.25, 0.3) is 0 Å². The van der Waals surface area contributed by atoms with Crippen LogP contribution >= 0.6 is 0 Å². The third-order valence-electron chi connectivity index (χ3n) is 5.28. The SMILES string of the molecule is CC(C)=CCC/C(C)=C/CC/C(C)=C/CC/C(C)=C/CCCOCC(O)COCC(O)CO. The highest BCUT2D eigenvalue weighted by atomic mass is 16.5. The molecule has 0 aliphatic carbocycles. The Morgan fingerprint density at radius 2 is 1.09 bits per heavy atom. The predicted octanol–water partition coefficient (Wildman–Crippen LogP) is 5.66. The summed E-state index contributed by atoms with van der Waals surface area (Å²) in [5, 5.41) is 27.6. The minimum Gasteiger partial charge on any atom is -0.394 e. The normalized spacial score (nSPS) is 15.0. The summed E-state index contributed by atoms with van der Waals surface area (Å²) in [5.41, 5.74) is 5.77. The fourth-order valence-electron chi connectivity index (χ4n) is 3.18. The van der Waals surface area contributed by atoms with E-state index in [1.807, 2.05) is 0 Å². The summed E-state index contributed by atoms with van der Waals surface area (Å²) in [6, 6.07) is 0. The summed E-state index contributed by atoms with van der Waals surface area (Å²) in [5.74, 6) is 0. The van der Waals surface area contributed by atoms with Crippen LogP contribution in [0.2, 0.25) is 0 Å². The van der Waals surface area contributed by atoms with Crippen LogP contribution < -0.4 is 0 Å². The van der Waals surface area contributed by atoms with Gasteiger partial charge in [-0.15, -0.1) is 0 Å². The highest BCUT2D eigenvalue weighted by Crippen LogP contribution is 2.14. The fourth-order valence-corrected chi connectivity index (χ4v) is 3.18. The van der Waals surface area contributed by atoms with Crippen LogP contribution in [0.1, 0.15) is 86.0 Å². The third kappa shape index (κ3) is 22.3. The van der Waals surface area contributed by atoms with E-state index in [1.54, 1.807) is 0 Å². The standard InChI is InChI=1S/C28H50O5/c1-23(2)11-8-13-25(4)15-10-17-26(5)16-9-14-24(3)12-6-7-18-32-21-28(31)22-33-20-27(30)19-29/h11-12,15-16,27-31H,6-10,13-14,17-22H2,1-5H3/b24-12+,25-15+,26-16+. The molecule has 0 aliphatic heterocycles. The van der Waals surface area contributed by atoms with E-state index in [2.05, 4.69) is 58.9 Å². The summed E-state index contributed by atoms with van der Waals surface area (Å²) < 4.78 is 10.6. The molecule has 0 saturated carbocycles. The van der Waals surface area contributed by atoms with Crippen molar-refractivity contribution in [2.45, 2.75) is 98.2 Å². The van der Waals surface area contributed by atoms with E-state index in [9.17, 15) is 5.11 Å². The molecule has 0 aromatic carbocycles. The van der Waals surface area contributed by atoms with Crippen molar-refractivity contribution >= 4 is 0 Å². The van der Waals surface area contributed by atoms with Gasteiger partial charge in [-0.25, -0.2) is 0 Å². The first kappa shape index (κ1) is 31.8. The van der Waals surface area contributed by atoms with Gasteiger partial charge in [-0.3, -0.25) is 0 Å². The Morgan fingerprint density at radius 3 is 1.61 bits per heavy atom. The molecule has 0 aliphatic rings. The molecule has 0 aromatic heterocycles. The molecule has 2 unspecified atom stereocenters. The molecule has 0 saturated heterocycles. The lowest BCUT2D eigenvalue weighted by molar-refractivity contribution is -0.0479. The van der Waals surface area contributed by atoms with Gasteiger partial charge in [0.15, 0.2) is 0 Å². The topological polar surface area (TPSA) is 79.2 Å². The van der Waals surface area contributed by atoms with E-state index in [1.165, 1.54) is 22.3 Å². The van der Waals surface area contributed by atoms with Crippen molar-refractivity contribution in [3.8, 4) is 0 Å². The molecule has 0 rings (SSSR count). The molecule has 3 N–H and O–H groups in total. The summed E-state index contributed by atoms with van der Waals surface area (Å²) in [4.78, 5) is 0. The molecule has 0 amide bonds. The molecular weight excluding hydrogens is 416 g/mol.